The van der Waals surface area contributed by atoms with Crippen molar-refractivity contribution in [2.75, 3.05) is 7.11 Å². The second-order valence-electron chi connectivity index (χ2n) is 5.00. The van der Waals surface area contributed by atoms with E-state index in [1.165, 1.54) is 0 Å². The van der Waals surface area contributed by atoms with E-state index in [4.69, 9.17) is 4.74 Å². The molecule has 1 N–H and O–H groups in total. The Morgan fingerprint density at radius 2 is 2.00 bits per heavy atom. The number of nitrogens with zero attached hydrogens (tertiary/aromatic N) is 1. The van der Waals surface area contributed by atoms with Crippen molar-refractivity contribution in [3.05, 3.63) is 30.0 Å². The average Bonchev–Trinajstić information content (AvgIpc) is 2.77. The Hall–Kier alpha value is -1.97. The van der Waals surface area contributed by atoms with Crippen molar-refractivity contribution in [2.24, 2.45) is 0 Å². The van der Waals surface area contributed by atoms with Crippen molar-refractivity contribution in [1.82, 2.24) is 4.57 Å². The first-order chi connectivity index (χ1) is 8.97. The maximum atomic E-state index is 11.3. The van der Waals surface area contributed by atoms with Gasteiger partial charge in [0.25, 0.3) is 0 Å². The van der Waals surface area contributed by atoms with Crippen molar-refractivity contribution in [3.8, 4) is 5.75 Å². The number of carbonyl (C=O) groups is 1. The Kier molecular flexibility index (Phi) is 3.51. The monoisotopic (exact) mass is 261 g/mol. The molecule has 1 heterocycles. The molecule has 0 aliphatic rings. The Labute approximate surface area is 112 Å². The minimum atomic E-state index is -0.825. The van der Waals surface area contributed by atoms with E-state index in [9.17, 15) is 9.90 Å². The van der Waals surface area contributed by atoms with E-state index >= 15 is 0 Å². The molecule has 1 unspecified atom stereocenters. The Morgan fingerprint density at radius 3 is 2.53 bits per heavy atom. The Morgan fingerprint density at radius 1 is 1.32 bits per heavy atom. The minimum absolute atomic E-state index is 0.268. The maximum Gasteiger partial charge on any atom is 0.310 e. The lowest BCUT2D eigenvalue weighted by atomic mass is 10.0. The van der Waals surface area contributed by atoms with Crippen molar-refractivity contribution in [2.45, 2.75) is 32.7 Å². The molecule has 1 aromatic heterocycles. The predicted molar refractivity (Wildman–Crippen MR) is 74.9 cm³/mol. The van der Waals surface area contributed by atoms with Crippen LogP contribution in [0, 0.1) is 0 Å². The molecule has 0 aliphatic heterocycles. The molecular weight excluding hydrogens is 242 g/mol. The highest BCUT2D eigenvalue weighted by Gasteiger charge is 2.22. The zero-order valence-electron chi connectivity index (χ0n) is 11.7. The van der Waals surface area contributed by atoms with Crippen LogP contribution in [-0.4, -0.2) is 22.8 Å². The fourth-order valence-corrected chi connectivity index (χ4v) is 2.37. The summed E-state index contributed by atoms with van der Waals surface area (Å²) in [6.45, 7) is 5.86. The van der Waals surface area contributed by atoms with Gasteiger partial charge in [0.1, 0.15) is 5.75 Å². The van der Waals surface area contributed by atoms with Crippen LogP contribution in [0.1, 0.15) is 38.3 Å². The van der Waals surface area contributed by atoms with Gasteiger partial charge in [-0.25, -0.2) is 0 Å². The number of hydrogen-bond acceptors (Lipinski definition) is 2. The van der Waals surface area contributed by atoms with Gasteiger partial charge in [0.15, 0.2) is 0 Å². The summed E-state index contributed by atoms with van der Waals surface area (Å²) in [5.41, 5.74) is 1.81. The number of carboxylic acid groups (broad SMARTS) is 1. The van der Waals surface area contributed by atoms with Crippen molar-refractivity contribution in [3.63, 3.8) is 0 Å². The molecule has 0 fully saturated rings. The number of ether oxygens (including phenoxy) is 1. The quantitative estimate of drug-likeness (QED) is 0.917. The molecule has 0 radical (unpaired) electrons. The van der Waals surface area contributed by atoms with Crippen molar-refractivity contribution >= 4 is 16.9 Å². The lowest BCUT2D eigenvalue weighted by Gasteiger charge is -2.09. The number of aromatic nitrogens is 1. The first kappa shape index (κ1) is 13.5. The third-order valence-corrected chi connectivity index (χ3v) is 3.46. The number of fused-ring (bicyclic) bond motifs is 1. The summed E-state index contributed by atoms with van der Waals surface area (Å²) in [6.07, 6.45) is 1.93. The minimum Gasteiger partial charge on any atom is -0.496 e. The van der Waals surface area contributed by atoms with Crippen LogP contribution in [0.15, 0.2) is 24.4 Å². The fraction of sp³-hybridized carbons (Fsp3) is 0.400. The van der Waals surface area contributed by atoms with Crippen LogP contribution in [0.2, 0.25) is 0 Å². The van der Waals surface area contributed by atoms with Crippen LogP contribution >= 0.6 is 0 Å². The predicted octanol–water partition coefficient (Wildman–Crippen LogP) is 3.42. The fourth-order valence-electron chi connectivity index (χ4n) is 2.37. The van der Waals surface area contributed by atoms with Crippen LogP contribution in [0.3, 0.4) is 0 Å². The summed E-state index contributed by atoms with van der Waals surface area (Å²) >= 11 is 0. The number of rotatable bonds is 4. The SMILES string of the molecule is COc1cccc2c1c(C(C)C(=O)O)cn2C(C)C. The van der Waals surface area contributed by atoms with E-state index in [1.54, 1.807) is 14.0 Å². The van der Waals surface area contributed by atoms with E-state index in [1.807, 2.05) is 24.4 Å². The summed E-state index contributed by atoms with van der Waals surface area (Å²) in [5, 5.41) is 10.2. The van der Waals surface area contributed by atoms with Gasteiger partial charge in [-0.2, -0.15) is 0 Å². The zero-order chi connectivity index (χ0) is 14.2. The maximum absolute atomic E-state index is 11.3. The number of aliphatic carboxylic acids is 1. The average molecular weight is 261 g/mol. The first-order valence-electron chi connectivity index (χ1n) is 6.37. The summed E-state index contributed by atoms with van der Waals surface area (Å²) in [5.74, 6) is -0.660. The molecule has 0 amide bonds. The van der Waals surface area contributed by atoms with Gasteiger partial charge < -0.3 is 14.4 Å². The molecule has 0 saturated carbocycles. The van der Waals surface area contributed by atoms with Crippen LogP contribution < -0.4 is 4.74 Å². The molecule has 19 heavy (non-hydrogen) atoms. The van der Waals surface area contributed by atoms with E-state index in [0.29, 0.717) is 0 Å². The Bertz CT molecular complexity index is 613. The van der Waals surface area contributed by atoms with Crippen LogP contribution in [-0.2, 0) is 4.79 Å². The van der Waals surface area contributed by atoms with Crippen molar-refractivity contribution < 1.29 is 14.6 Å². The van der Waals surface area contributed by atoms with Gasteiger partial charge in [-0.05, 0) is 38.5 Å². The molecule has 4 heteroatoms. The van der Waals surface area contributed by atoms with E-state index in [0.717, 1.165) is 22.2 Å². The standard InChI is InChI=1S/C15H19NO3/c1-9(2)16-8-11(10(3)15(17)18)14-12(16)6-5-7-13(14)19-4/h5-10H,1-4H3,(H,17,18). The van der Waals surface area contributed by atoms with Gasteiger partial charge in [0.05, 0.1) is 18.5 Å². The molecule has 0 bridgehead atoms. The normalized spacial score (nSPS) is 12.9. The van der Waals surface area contributed by atoms with Gasteiger partial charge in [-0.3, -0.25) is 4.79 Å². The van der Waals surface area contributed by atoms with Gasteiger partial charge in [-0.1, -0.05) is 6.07 Å². The lowest BCUT2D eigenvalue weighted by molar-refractivity contribution is -0.138. The molecule has 4 nitrogen and oxygen atoms in total. The summed E-state index contributed by atoms with van der Waals surface area (Å²) in [6, 6.07) is 6.06. The molecule has 2 rings (SSSR count). The summed E-state index contributed by atoms with van der Waals surface area (Å²) in [7, 11) is 1.61. The third-order valence-electron chi connectivity index (χ3n) is 3.46. The zero-order valence-corrected chi connectivity index (χ0v) is 11.7. The van der Waals surface area contributed by atoms with Gasteiger partial charge in [0.2, 0.25) is 0 Å². The molecular formula is C15H19NO3. The topological polar surface area (TPSA) is 51.5 Å². The van der Waals surface area contributed by atoms with Crippen LogP contribution in [0.25, 0.3) is 10.9 Å². The summed E-state index contributed by atoms with van der Waals surface area (Å²) in [4.78, 5) is 11.3. The van der Waals surface area contributed by atoms with Crippen LogP contribution in [0.4, 0.5) is 0 Å². The third kappa shape index (κ3) is 2.18. The second-order valence-corrected chi connectivity index (χ2v) is 5.00. The van der Waals surface area contributed by atoms with Gasteiger partial charge in [-0.15, -0.1) is 0 Å². The highest BCUT2D eigenvalue weighted by molar-refractivity contribution is 5.94. The highest BCUT2D eigenvalue weighted by atomic mass is 16.5. The summed E-state index contributed by atoms with van der Waals surface area (Å²) < 4.78 is 7.47. The van der Waals surface area contributed by atoms with Gasteiger partial charge >= 0.3 is 5.97 Å². The molecule has 0 spiro atoms. The molecule has 102 valence electrons. The molecule has 1 atom stereocenters. The molecule has 0 saturated heterocycles. The van der Waals surface area contributed by atoms with E-state index < -0.39 is 11.9 Å². The number of carboxylic acids is 1. The van der Waals surface area contributed by atoms with Crippen LogP contribution in [0.5, 0.6) is 5.75 Å². The molecule has 1 aromatic carbocycles. The number of methoxy groups -OCH3 is 1. The smallest absolute Gasteiger partial charge is 0.310 e. The molecule has 2 aromatic rings. The van der Waals surface area contributed by atoms with Gasteiger partial charge in [0, 0.05) is 17.6 Å². The van der Waals surface area contributed by atoms with E-state index in [-0.39, 0.29) is 6.04 Å². The lowest BCUT2D eigenvalue weighted by Crippen LogP contribution is -2.07. The van der Waals surface area contributed by atoms with Crippen molar-refractivity contribution in [1.29, 1.82) is 0 Å². The highest BCUT2D eigenvalue weighted by Crippen LogP contribution is 2.36. The number of hydrogen-bond donors (Lipinski definition) is 1. The first-order valence-corrected chi connectivity index (χ1v) is 6.37. The molecule has 0 aliphatic carbocycles. The Balaban J connectivity index is 2.79. The largest absolute Gasteiger partial charge is 0.496 e. The second kappa shape index (κ2) is 4.96. The number of benzene rings is 1. The van der Waals surface area contributed by atoms with E-state index in [2.05, 4.69) is 18.4 Å².